The quantitative estimate of drug-likeness (QED) is 0.223. The minimum Gasteiger partial charge on any atom is -0.507 e. The lowest BCUT2D eigenvalue weighted by Gasteiger charge is -2.41. The first-order valence-corrected chi connectivity index (χ1v) is 13.4. The average Bonchev–Trinajstić information content (AvgIpc) is 2.94. The monoisotopic (exact) mass is 594 g/mol. The van der Waals surface area contributed by atoms with Crippen LogP contribution in [0.3, 0.4) is 0 Å². The molecule has 0 bridgehead atoms. The zero-order valence-corrected chi connectivity index (χ0v) is 22.8. The van der Waals surface area contributed by atoms with Gasteiger partial charge in [-0.25, -0.2) is 0 Å². The van der Waals surface area contributed by atoms with E-state index in [9.17, 15) is 40.5 Å². The van der Waals surface area contributed by atoms with Gasteiger partial charge in [0.05, 0.1) is 32.3 Å². The number of aliphatic hydroxyl groups excluding tert-OH is 5. The van der Waals surface area contributed by atoms with Gasteiger partial charge in [0, 0.05) is 18.6 Å². The Hall–Kier alpha value is -3.21. The van der Waals surface area contributed by atoms with Crippen molar-refractivity contribution in [2.24, 2.45) is 0 Å². The largest absolute Gasteiger partial charge is 0.507 e. The second-order valence-corrected chi connectivity index (χ2v) is 10.6. The number of hydrogen-bond acceptors (Lipinski definition) is 14. The molecule has 2 saturated heterocycles. The summed E-state index contributed by atoms with van der Waals surface area (Å²) >= 11 is 0. The molecular formula is C28H34O14. The van der Waals surface area contributed by atoms with E-state index in [1.165, 1.54) is 25.3 Å². The van der Waals surface area contributed by atoms with Crippen LogP contribution in [0, 0.1) is 0 Å². The van der Waals surface area contributed by atoms with E-state index in [4.69, 9.17) is 28.4 Å². The van der Waals surface area contributed by atoms with Crippen LogP contribution in [0.4, 0.5) is 0 Å². The van der Waals surface area contributed by atoms with E-state index in [1.54, 1.807) is 13.0 Å². The first kappa shape index (κ1) is 30.3. The smallest absolute Gasteiger partial charge is 0.229 e. The third-order valence-corrected chi connectivity index (χ3v) is 7.51. The zero-order valence-electron chi connectivity index (χ0n) is 22.8. The van der Waals surface area contributed by atoms with E-state index in [-0.39, 0.29) is 41.4 Å². The highest BCUT2D eigenvalue weighted by atomic mass is 16.7. The molecule has 230 valence electrons. The Labute approximate surface area is 240 Å². The Morgan fingerprint density at radius 1 is 0.905 bits per heavy atom. The van der Waals surface area contributed by atoms with Crippen LogP contribution in [-0.4, -0.2) is 111 Å². The first-order valence-electron chi connectivity index (χ1n) is 13.4. The van der Waals surface area contributed by atoms with Crippen molar-refractivity contribution < 1.29 is 69.0 Å². The Kier molecular flexibility index (Phi) is 8.78. The van der Waals surface area contributed by atoms with Gasteiger partial charge in [0.1, 0.15) is 59.4 Å². The Bertz CT molecular complexity index is 1290. The lowest BCUT2D eigenvalue weighted by molar-refractivity contribution is -0.306. The predicted octanol–water partition coefficient (Wildman–Crippen LogP) is -0.127. The summed E-state index contributed by atoms with van der Waals surface area (Å²) in [4.78, 5) is 12.9. The van der Waals surface area contributed by atoms with Crippen molar-refractivity contribution in [3.63, 3.8) is 0 Å². The highest BCUT2D eigenvalue weighted by Gasteiger charge is 2.46. The zero-order chi connectivity index (χ0) is 30.3. The summed E-state index contributed by atoms with van der Waals surface area (Å²) in [5.74, 6) is -0.890. The predicted molar refractivity (Wildman–Crippen MR) is 139 cm³/mol. The molecule has 14 heteroatoms. The van der Waals surface area contributed by atoms with Gasteiger partial charge in [0.15, 0.2) is 23.6 Å². The van der Waals surface area contributed by atoms with Crippen LogP contribution in [-0.2, 0) is 14.2 Å². The summed E-state index contributed by atoms with van der Waals surface area (Å²) in [5.41, 5.74) is 0.406. The van der Waals surface area contributed by atoms with Crippen LogP contribution in [0.25, 0.3) is 0 Å². The van der Waals surface area contributed by atoms with Gasteiger partial charge in [-0.3, -0.25) is 4.79 Å². The number of phenolic OH excluding ortho intramolecular Hbond substituents is 2. The number of hydrogen-bond donors (Lipinski definition) is 7. The minimum atomic E-state index is -1.73. The molecule has 0 spiro atoms. The van der Waals surface area contributed by atoms with Crippen molar-refractivity contribution in [2.75, 3.05) is 13.7 Å². The van der Waals surface area contributed by atoms with Gasteiger partial charge in [0.2, 0.25) is 6.29 Å². The molecule has 42 heavy (non-hydrogen) atoms. The maximum atomic E-state index is 12.9. The number of ketones is 1. The van der Waals surface area contributed by atoms with Crippen molar-refractivity contribution in [2.45, 2.75) is 81.2 Å². The van der Waals surface area contributed by atoms with Crippen LogP contribution in [0.2, 0.25) is 0 Å². The maximum Gasteiger partial charge on any atom is 0.229 e. The van der Waals surface area contributed by atoms with E-state index in [0.29, 0.717) is 5.56 Å². The fourth-order valence-corrected chi connectivity index (χ4v) is 5.22. The molecule has 0 radical (unpaired) electrons. The molecule has 0 saturated carbocycles. The molecule has 0 aromatic heterocycles. The lowest BCUT2D eigenvalue weighted by Crippen LogP contribution is -2.60. The number of ether oxygens (including phenoxy) is 6. The molecule has 3 aliphatic heterocycles. The standard InChI is InChI=1S/C28H34O14/c1-11-5-17(32)23(33)27(39-11)38-10-21-24(34)25(35)26(36)28(42-21)40-13-7-15(30)22-16(31)9-19(41-20(22)8-13)12-3-4-18(37-2)14(29)6-12/h3-4,6-8,11,17,19,21,23-30,32-36H,5,9-10H2,1-2H3/t11?,17-,19-,21?,23?,24+,25+,26?,27+,28+/m0/s1. The Morgan fingerprint density at radius 2 is 1.67 bits per heavy atom. The van der Waals surface area contributed by atoms with Gasteiger partial charge in [-0.1, -0.05) is 6.07 Å². The summed E-state index contributed by atoms with van der Waals surface area (Å²) in [6.07, 6.45) is -12.7. The molecule has 2 aromatic rings. The van der Waals surface area contributed by atoms with Crippen molar-refractivity contribution in [1.29, 1.82) is 0 Å². The third kappa shape index (κ3) is 5.98. The normalized spacial score (nSPS) is 34.8. The molecule has 0 amide bonds. The highest BCUT2D eigenvalue weighted by Crippen LogP contribution is 2.43. The lowest BCUT2D eigenvalue weighted by atomic mass is 9.95. The SMILES string of the molecule is COc1ccc([C@@H]2CC(=O)c3c(O)cc(O[C@@H]4OC(CO[C@@H]5OC(C)C[C@H](O)C5O)[C@@H](O)[C@@H](O)C4O)cc3O2)cc1O. The van der Waals surface area contributed by atoms with Gasteiger partial charge in [-0.2, -0.15) is 0 Å². The highest BCUT2D eigenvalue weighted by molar-refractivity contribution is 6.02. The van der Waals surface area contributed by atoms with Crippen molar-refractivity contribution in [3.8, 4) is 28.7 Å². The number of methoxy groups -OCH3 is 1. The maximum absolute atomic E-state index is 12.9. The van der Waals surface area contributed by atoms with Gasteiger partial charge in [-0.15, -0.1) is 0 Å². The second-order valence-electron chi connectivity index (χ2n) is 10.6. The van der Waals surface area contributed by atoms with Crippen molar-refractivity contribution in [3.05, 3.63) is 41.5 Å². The number of aromatic hydroxyl groups is 2. The van der Waals surface area contributed by atoms with E-state index in [2.05, 4.69) is 0 Å². The van der Waals surface area contributed by atoms with Crippen LogP contribution in [0.5, 0.6) is 28.7 Å². The molecule has 2 fully saturated rings. The summed E-state index contributed by atoms with van der Waals surface area (Å²) in [7, 11) is 1.40. The fourth-order valence-electron chi connectivity index (χ4n) is 5.22. The van der Waals surface area contributed by atoms with Crippen molar-refractivity contribution >= 4 is 5.78 Å². The van der Waals surface area contributed by atoms with Crippen LogP contribution < -0.4 is 14.2 Å². The number of Topliss-reactive ketones (excluding diaryl/α,β-unsaturated/α-hetero) is 1. The second kappa shape index (κ2) is 12.2. The molecule has 4 unspecified atom stereocenters. The number of benzene rings is 2. The van der Waals surface area contributed by atoms with Crippen LogP contribution in [0.15, 0.2) is 30.3 Å². The number of aliphatic hydroxyl groups is 5. The van der Waals surface area contributed by atoms with Crippen LogP contribution >= 0.6 is 0 Å². The number of carbonyl (C=O) groups is 1. The first-order chi connectivity index (χ1) is 20.0. The molecular weight excluding hydrogens is 560 g/mol. The van der Waals surface area contributed by atoms with Crippen LogP contribution in [0.1, 0.15) is 41.8 Å². The molecule has 3 heterocycles. The third-order valence-electron chi connectivity index (χ3n) is 7.51. The number of rotatable bonds is 7. The van der Waals surface area contributed by atoms with Crippen molar-refractivity contribution in [1.82, 2.24) is 0 Å². The summed E-state index contributed by atoms with van der Waals surface area (Å²) < 4.78 is 33.4. The summed E-state index contributed by atoms with van der Waals surface area (Å²) in [6.45, 7) is 1.28. The molecule has 14 nitrogen and oxygen atoms in total. The molecule has 3 aliphatic rings. The van der Waals surface area contributed by atoms with Gasteiger partial charge in [-0.05, 0) is 24.6 Å². The van der Waals surface area contributed by atoms with Gasteiger partial charge in [0.25, 0.3) is 0 Å². The molecule has 5 rings (SSSR count). The van der Waals surface area contributed by atoms with E-state index >= 15 is 0 Å². The summed E-state index contributed by atoms with van der Waals surface area (Å²) in [6, 6.07) is 6.98. The van der Waals surface area contributed by atoms with E-state index in [1.807, 2.05) is 0 Å². The Morgan fingerprint density at radius 3 is 2.38 bits per heavy atom. The average molecular weight is 595 g/mol. The topological polar surface area (TPSA) is 214 Å². The number of carbonyl (C=O) groups excluding carboxylic acids is 1. The summed E-state index contributed by atoms with van der Waals surface area (Å²) in [5, 5.41) is 72.4. The van der Waals surface area contributed by atoms with E-state index in [0.717, 1.165) is 6.07 Å². The fraction of sp³-hybridized carbons (Fsp3) is 0.536. The number of phenols is 2. The van der Waals surface area contributed by atoms with Gasteiger partial charge < -0.3 is 64.2 Å². The number of fused-ring (bicyclic) bond motifs is 1. The molecule has 10 atom stereocenters. The minimum absolute atomic E-state index is 0.0246. The molecule has 7 N–H and O–H groups in total. The van der Waals surface area contributed by atoms with Gasteiger partial charge >= 0.3 is 0 Å². The molecule has 0 aliphatic carbocycles. The molecule has 2 aromatic carbocycles. The Balaban J connectivity index is 1.31. The van der Waals surface area contributed by atoms with E-state index < -0.39 is 79.6 Å².